The van der Waals surface area contributed by atoms with Crippen molar-refractivity contribution in [1.82, 2.24) is 9.80 Å². The predicted octanol–water partition coefficient (Wildman–Crippen LogP) is 4.66. The van der Waals surface area contributed by atoms with Crippen LogP contribution in [0.1, 0.15) is 76.9 Å². The number of fused-ring (bicyclic) bond motifs is 6. The second kappa shape index (κ2) is 8.59. The molecule has 1 fully saturated rings. The molecule has 0 aromatic heterocycles. The lowest BCUT2D eigenvalue weighted by Crippen LogP contribution is -2.58. The van der Waals surface area contributed by atoms with Gasteiger partial charge in [0.2, 0.25) is 0 Å². The van der Waals surface area contributed by atoms with Gasteiger partial charge in [-0.25, -0.2) is 9.69 Å². The van der Waals surface area contributed by atoms with E-state index in [2.05, 4.69) is 62.1 Å². The molecule has 1 spiro atoms. The normalized spacial score (nSPS) is 27.8. The quantitative estimate of drug-likeness (QED) is 0.617. The Morgan fingerprint density at radius 2 is 1.76 bits per heavy atom. The number of aromatic carboxylic acids is 1. The molecule has 0 saturated heterocycles. The van der Waals surface area contributed by atoms with Crippen molar-refractivity contribution in [3.8, 4) is 6.19 Å². The molecule has 1 N–H and O–H groups in total. The molecule has 5 rings (SSSR count). The van der Waals surface area contributed by atoms with Crippen molar-refractivity contribution in [2.75, 3.05) is 33.1 Å². The fourth-order valence-electron chi connectivity index (χ4n) is 7.53. The SMILES string of the molecule is CN(C)c1ccc2c(c1)C(C)(C)C1CC(N(C)C)CCCC1C21c2cc(C(=O)O)ccc2C(=O)N1C#N. The van der Waals surface area contributed by atoms with E-state index in [1.807, 2.05) is 14.1 Å². The Labute approximate surface area is 219 Å². The first-order chi connectivity index (χ1) is 17.5. The molecule has 2 aromatic carbocycles. The summed E-state index contributed by atoms with van der Waals surface area (Å²) in [5.74, 6) is -1.23. The van der Waals surface area contributed by atoms with Crippen LogP contribution in [0.4, 0.5) is 5.69 Å². The van der Waals surface area contributed by atoms with Crippen LogP contribution in [0.5, 0.6) is 0 Å². The number of carbonyl (C=O) groups is 2. The van der Waals surface area contributed by atoms with Crippen LogP contribution in [0.15, 0.2) is 36.4 Å². The van der Waals surface area contributed by atoms with Gasteiger partial charge in [-0.15, -0.1) is 0 Å². The van der Waals surface area contributed by atoms with Crippen LogP contribution in [-0.2, 0) is 11.0 Å². The summed E-state index contributed by atoms with van der Waals surface area (Å²) in [4.78, 5) is 31.6. The number of rotatable bonds is 3. The molecule has 0 bridgehead atoms. The van der Waals surface area contributed by atoms with Crippen LogP contribution in [0.3, 0.4) is 0 Å². The van der Waals surface area contributed by atoms with Crippen LogP contribution < -0.4 is 4.90 Å². The molecular weight excluding hydrogens is 464 g/mol. The molecule has 7 nitrogen and oxygen atoms in total. The monoisotopic (exact) mass is 500 g/mol. The molecule has 2 aromatic rings. The molecule has 1 heterocycles. The van der Waals surface area contributed by atoms with E-state index in [1.165, 1.54) is 11.0 Å². The number of anilines is 1. The van der Waals surface area contributed by atoms with Gasteiger partial charge in [-0.05, 0) is 97.6 Å². The summed E-state index contributed by atoms with van der Waals surface area (Å²) in [6, 6.07) is 11.5. The molecular formula is C30H36N4O3. The minimum absolute atomic E-state index is 0.0287. The Hall–Kier alpha value is -3.37. The standard InChI is InChI=1S/C30H36N4O3/c1-29(2)25-15-19(32(3)4)8-7-9-22(25)30(23-13-11-20(33(5)6)16-26(23)29)24-14-18(28(36)37)10-12-21(24)27(35)34(30)17-31/h10-14,16,19,22,25H,7-9,15H2,1-6H3,(H,36,37). The van der Waals surface area contributed by atoms with Gasteiger partial charge >= 0.3 is 5.97 Å². The van der Waals surface area contributed by atoms with Crippen LogP contribution in [-0.4, -0.2) is 61.0 Å². The van der Waals surface area contributed by atoms with Gasteiger partial charge in [0.05, 0.1) is 5.56 Å². The lowest BCUT2D eigenvalue weighted by Gasteiger charge is -2.56. The van der Waals surface area contributed by atoms with E-state index in [4.69, 9.17) is 0 Å². The zero-order valence-corrected chi connectivity index (χ0v) is 22.6. The third-order valence-electron chi connectivity index (χ3n) is 9.45. The summed E-state index contributed by atoms with van der Waals surface area (Å²) in [5, 5.41) is 20.4. The highest BCUT2D eigenvalue weighted by Gasteiger charge is 2.64. The maximum atomic E-state index is 13.8. The van der Waals surface area contributed by atoms with E-state index in [0.717, 1.165) is 42.5 Å². The highest BCUT2D eigenvalue weighted by molar-refractivity contribution is 6.03. The topological polar surface area (TPSA) is 87.9 Å². The van der Waals surface area contributed by atoms with Crippen molar-refractivity contribution in [2.24, 2.45) is 11.8 Å². The molecule has 0 radical (unpaired) electrons. The molecule has 194 valence electrons. The number of benzene rings is 2. The van der Waals surface area contributed by atoms with Crippen LogP contribution in [0, 0.1) is 23.3 Å². The molecule has 4 atom stereocenters. The summed E-state index contributed by atoms with van der Waals surface area (Å²) < 4.78 is 0. The zero-order valence-electron chi connectivity index (χ0n) is 22.6. The third kappa shape index (κ3) is 3.42. The van der Waals surface area contributed by atoms with Crippen molar-refractivity contribution in [3.63, 3.8) is 0 Å². The van der Waals surface area contributed by atoms with E-state index in [1.54, 1.807) is 12.1 Å². The number of hydrogen-bond acceptors (Lipinski definition) is 5. The Balaban J connectivity index is 1.90. The maximum Gasteiger partial charge on any atom is 0.335 e. The fraction of sp³-hybridized carbons (Fsp3) is 0.500. The van der Waals surface area contributed by atoms with Crippen molar-refractivity contribution in [3.05, 3.63) is 64.2 Å². The van der Waals surface area contributed by atoms with Gasteiger partial charge in [0, 0.05) is 31.4 Å². The van der Waals surface area contributed by atoms with Crippen LogP contribution in [0.2, 0.25) is 0 Å². The summed E-state index contributed by atoms with van der Waals surface area (Å²) >= 11 is 0. The lowest BCUT2D eigenvalue weighted by molar-refractivity contribution is 0.0260. The molecule has 7 heteroatoms. The minimum Gasteiger partial charge on any atom is -0.478 e. The smallest absolute Gasteiger partial charge is 0.335 e. The van der Waals surface area contributed by atoms with Crippen molar-refractivity contribution in [2.45, 2.75) is 56.5 Å². The highest BCUT2D eigenvalue weighted by atomic mass is 16.4. The fourth-order valence-corrected chi connectivity index (χ4v) is 7.53. The van der Waals surface area contributed by atoms with Gasteiger partial charge < -0.3 is 14.9 Å². The molecule has 1 amide bonds. The van der Waals surface area contributed by atoms with Crippen molar-refractivity contribution >= 4 is 17.6 Å². The molecule has 3 aliphatic rings. The second-order valence-corrected chi connectivity index (χ2v) is 11.9. The second-order valence-electron chi connectivity index (χ2n) is 11.9. The average Bonchev–Trinajstić information content (AvgIpc) is 2.98. The first-order valence-corrected chi connectivity index (χ1v) is 13.1. The summed E-state index contributed by atoms with van der Waals surface area (Å²) in [6.45, 7) is 4.60. The van der Waals surface area contributed by atoms with Crippen molar-refractivity contribution in [1.29, 1.82) is 5.26 Å². The number of carboxylic acid groups (broad SMARTS) is 1. The number of carboxylic acids is 1. The maximum absolute atomic E-state index is 13.8. The van der Waals surface area contributed by atoms with Gasteiger partial charge in [-0.1, -0.05) is 26.3 Å². The highest BCUT2D eigenvalue weighted by Crippen LogP contribution is 2.63. The average molecular weight is 501 g/mol. The van der Waals surface area contributed by atoms with E-state index in [0.29, 0.717) is 17.2 Å². The Morgan fingerprint density at radius 1 is 1.03 bits per heavy atom. The Bertz CT molecular complexity index is 1320. The molecule has 2 aliphatic carbocycles. The summed E-state index contributed by atoms with van der Waals surface area (Å²) in [5.41, 5.74) is 3.11. The lowest BCUT2D eigenvalue weighted by atomic mass is 9.51. The molecule has 37 heavy (non-hydrogen) atoms. The number of hydrogen-bond donors (Lipinski definition) is 1. The number of nitrogens with zero attached hydrogens (tertiary/aromatic N) is 4. The van der Waals surface area contributed by atoms with Gasteiger partial charge in [0.15, 0.2) is 6.19 Å². The largest absolute Gasteiger partial charge is 0.478 e. The van der Waals surface area contributed by atoms with E-state index in [-0.39, 0.29) is 28.7 Å². The third-order valence-corrected chi connectivity index (χ3v) is 9.45. The van der Waals surface area contributed by atoms with Gasteiger partial charge in [-0.3, -0.25) is 4.79 Å². The minimum atomic E-state index is -1.04. The predicted molar refractivity (Wildman–Crippen MR) is 143 cm³/mol. The molecule has 1 aliphatic heterocycles. The molecule has 4 unspecified atom stereocenters. The number of nitriles is 1. The Morgan fingerprint density at radius 3 is 2.38 bits per heavy atom. The van der Waals surface area contributed by atoms with Gasteiger partial charge in [0.25, 0.3) is 5.91 Å². The van der Waals surface area contributed by atoms with E-state index in [9.17, 15) is 20.0 Å². The Kier molecular flexibility index (Phi) is 5.87. The van der Waals surface area contributed by atoms with Gasteiger partial charge in [-0.2, -0.15) is 5.26 Å². The first-order valence-electron chi connectivity index (χ1n) is 13.1. The number of carbonyl (C=O) groups excluding carboxylic acids is 1. The molecule has 1 saturated carbocycles. The summed E-state index contributed by atoms with van der Waals surface area (Å²) in [6.07, 6.45) is 6.11. The van der Waals surface area contributed by atoms with Gasteiger partial charge in [0.1, 0.15) is 5.54 Å². The van der Waals surface area contributed by atoms with Crippen LogP contribution >= 0.6 is 0 Å². The summed E-state index contributed by atoms with van der Waals surface area (Å²) in [7, 11) is 8.28. The van der Waals surface area contributed by atoms with E-state index < -0.39 is 11.5 Å². The van der Waals surface area contributed by atoms with Crippen molar-refractivity contribution < 1.29 is 14.7 Å². The number of amides is 1. The van der Waals surface area contributed by atoms with Crippen LogP contribution in [0.25, 0.3) is 0 Å². The zero-order chi connectivity index (χ0) is 26.9. The van der Waals surface area contributed by atoms with E-state index >= 15 is 0 Å². The first kappa shape index (κ1) is 25.3.